The second kappa shape index (κ2) is 5.02. The molecule has 0 saturated heterocycles. The fraction of sp³-hybridized carbons (Fsp3) is 0.846. The molecule has 2 saturated carbocycles. The molecule has 0 amide bonds. The molecule has 3 rings (SSSR count). The summed E-state index contributed by atoms with van der Waals surface area (Å²) >= 11 is 0. The van der Waals surface area contributed by atoms with Gasteiger partial charge in [0.2, 0.25) is 0 Å². The van der Waals surface area contributed by atoms with E-state index < -0.39 is 18.0 Å². The van der Waals surface area contributed by atoms with E-state index in [-0.39, 0.29) is 19.0 Å². The van der Waals surface area contributed by atoms with E-state index in [1.807, 2.05) is 4.57 Å². The zero-order valence-electron chi connectivity index (χ0n) is 11.2. The Kier molecular flexibility index (Phi) is 3.48. The van der Waals surface area contributed by atoms with Crippen LogP contribution in [0.1, 0.15) is 62.1 Å². The van der Waals surface area contributed by atoms with Crippen molar-refractivity contribution < 1.29 is 13.2 Å². The molecule has 2 atom stereocenters. The summed E-state index contributed by atoms with van der Waals surface area (Å²) in [4.78, 5) is 0. The Labute approximate surface area is 115 Å². The molecule has 0 aliphatic heterocycles. The van der Waals surface area contributed by atoms with E-state index in [1.54, 1.807) is 0 Å². The molecule has 20 heavy (non-hydrogen) atoms. The lowest BCUT2D eigenvalue weighted by atomic mass is 9.78. The van der Waals surface area contributed by atoms with E-state index in [0.29, 0.717) is 24.5 Å². The summed E-state index contributed by atoms with van der Waals surface area (Å²) in [6.07, 6.45) is 0.0230. The number of nitrogens with zero attached hydrogens (tertiary/aromatic N) is 3. The molecule has 0 radical (unpaired) electrons. The Morgan fingerprint density at radius 2 is 1.80 bits per heavy atom. The summed E-state index contributed by atoms with van der Waals surface area (Å²) in [6.45, 7) is 0.229. The summed E-state index contributed by atoms with van der Waals surface area (Å²) in [5.74, 6) is -0.718. The number of aromatic nitrogens is 3. The predicted octanol–water partition coefficient (Wildman–Crippen LogP) is 2.91. The van der Waals surface area contributed by atoms with Gasteiger partial charge in [0.15, 0.2) is 0 Å². The van der Waals surface area contributed by atoms with E-state index in [2.05, 4.69) is 10.2 Å². The molecule has 2 fully saturated rings. The fourth-order valence-electron chi connectivity index (χ4n) is 3.29. The van der Waals surface area contributed by atoms with Crippen LogP contribution in [0.25, 0.3) is 0 Å². The van der Waals surface area contributed by atoms with Crippen LogP contribution in [0.5, 0.6) is 0 Å². The number of rotatable bonds is 3. The first-order valence-corrected chi connectivity index (χ1v) is 7.23. The highest BCUT2D eigenvalue weighted by atomic mass is 19.4. The minimum atomic E-state index is -4.16. The maximum atomic E-state index is 13.2. The van der Waals surface area contributed by atoms with Gasteiger partial charge in [0.25, 0.3) is 0 Å². The van der Waals surface area contributed by atoms with Gasteiger partial charge in [-0.3, -0.25) is 0 Å². The third-order valence-electron chi connectivity index (χ3n) is 4.41. The van der Waals surface area contributed by atoms with E-state index in [9.17, 15) is 13.2 Å². The topological polar surface area (TPSA) is 56.7 Å². The summed E-state index contributed by atoms with van der Waals surface area (Å²) in [7, 11) is 0. The van der Waals surface area contributed by atoms with Crippen molar-refractivity contribution in [2.45, 2.75) is 63.2 Å². The van der Waals surface area contributed by atoms with E-state index in [4.69, 9.17) is 5.73 Å². The molecule has 2 aliphatic carbocycles. The van der Waals surface area contributed by atoms with Gasteiger partial charge in [0.1, 0.15) is 11.6 Å². The van der Waals surface area contributed by atoms with Crippen LogP contribution in [0.15, 0.2) is 0 Å². The highest BCUT2D eigenvalue weighted by Gasteiger charge is 2.48. The number of halogens is 3. The molecule has 2 unspecified atom stereocenters. The Morgan fingerprint density at radius 1 is 1.10 bits per heavy atom. The van der Waals surface area contributed by atoms with Crippen LogP contribution in [0, 0.1) is 5.92 Å². The number of hydrogen-bond donors (Lipinski definition) is 1. The van der Waals surface area contributed by atoms with Gasteiger partial charge in [-0.25, -0.2) is 0 Å². The molecule has 2 N–H and O–H groups in total. The van der Waals surface area contributed by atoms with Gasteiger partial charge >= 0.3 is 6.18 Å². The molecule has 1 aromatic rings. The molecule has 0 bridgehead atoms. The smallest absolute Gasteiger partial charge is 0.324 e. The lowest BCUT2D eigenvalue weighted by Gasteiger charge is -2.32. The Hall–Kier alpha value is -1.11. The Morgan fingerprint density at radius 3 is 2.40 bits per heavy atom. The second-order valence-electron chi connectivity index (χ2n) is 5.82. The monoisotopic (exact) mass is 288 g/mol. The quantitative estimate of drug-likeness (QED) is 0.930. The van der Waals surface area contributed by atoms with Crippen molar-refractivity contribution in [1.82, 2.24) is 14.8 Å². The zero-order chi connectivity index (χ0) is 14.3. The van der Waals surface area contributed by atoms with Gasteiger partial charge in [0.05, 0.1) is 12.5 Å². The molecule has 112 valence electrons. The van der Waals surface area contributed by atoms with Crippen LogP contribution in [0.3, 0.4) is 0 Å². The van der Waals surface area contributed by atoms with Gasteiger partial charge in [-0.2, -0.15) is 13.2 Å². The molecule has 0 aromatic carbocycles. The molecule has 1 heterocycles. The van der Waals surface area contributed by atoms with Crippen molar-refractivity contribution >= 4 is 0 Å². The van der Waals surface area contributed by atoms with Gasteiger partial charge in [-0.05, 0) is 25.7 Å². The largest absolute Gasteiger partial charge is 0.392 e. The SMILES string of the molecule is NCc1nnc(C2CCCCC2C(F)(F)F)n1C1CC1. The van der Waals surface area contributed by atoms with Crippen LogP contribution < -0.4 is 5.73 Å². The van der Waals surface area contributed by atoms with E-state index in [1.165, 1.54) is 0 Å². The third kappa shape index (κ3) is 2.43. The van der Waals surface area contributed by atoms with Crippen molar-refractivity contribution in [3.05, 3.63) is 11.6 Å². The summed E-state index contributed by atoms with van der Waals surface area (Å²) in [5, 5.41) is 8.08. The van der Waals surface area contributed by atoms with Crippen molar-refractivity contribution in [3.8, 4) is 0 Å². The Balaban J connectivity index is 1.96. The molecule has 2 aliphatic rings. The van der Waals surface area contributed by atoms with Crippen LogP contribution in [0.2, 0.25) is 0 Å². The van der Waals surface area contributed by atoms with Crippen LogP contribution in [-0.4, -0.2) is 20.9 Å². The first-order valence-electron chi connectivity index (χ1n) is 7.23. The number of hydrogen-bond acceptors (Lipinski definition) is 3. The molecular formula is C13H19F3N4. The summed E-state index contributed by atoms with van der Waals surface area (Å²) in [6, 6.07) is 0.259. The van der Waals surface area contributed by atoms with Crippen molar-refractivity contribution in [3.63, 3.8) is 0 Å². The van der Waals surface area contributed by atoms with Crippen LogP contribution >= 0.6 is 0 Å². The lowest BCUT2D eigenvalue weighted by molar-refractivity contribution is -0.188. The van der Waals surface area contributed by atoms with Gasteiger partial charge in [0, 0.05) is 12.0 Å². The summed E-state index contributed by atoms with van der Waals surface area (Å²) < 4.78 is 41.6. The average molecular weight is 288 g/mol. The maximum Gasteiger partial charge on any atom is 0.392 e. The highest BCUT2D eigenvalue weighted by Crippen LogP contribution is 2.48. The Bertz CT molecular complexity index is 478. The third-order valence-corrected chi connectivity index (χ3v) is 4.41. The van der Waals surface area contributed by atoms with Gasteiger partial charge < -0.3 is 10.3 Å². The van der Waals surface area contributed by atoms with Crippen LogP contribution in [0.4, 0.5) is 13.2 Å². The lowest BCUT2D eigenvalue weighted by Crippen LogP contribution is -2.33. The number of nitrogens with two attached hydrogens (primary N) is 1. The maximum absolute atomic E-state index is 13.2. The zero-order valence-corrected chi connectivity index (χ0v) is 11.2. The first kappa shape index (κ1) is 13.9. The van der Waals surface area contributed by atoms with Crippen molar-refractivity contribution in [1.29, 1.82) is 0 Å². The fourth-order valence-corrected chi connectivity index (χ4v) is 3.29. The predicted molar refractivity (Wildman–Crippen MR) is 66.9 cm³/mol. The molecule has 4 nitrogen and oxygen atoms in total. The molecule has 7 heteroatoms. The van der Waals surface area contributed by atoms with Crippen molar-refractivity contribution in [2.75, 3.05) is 0 Å². The summed E-state index contributed by atoms with van der Waals surface area (Å²) in [5.41, 5.74) is 5.63. The number of alkyl halides is 3. The van der Waals surface area contributed by atoms with E-state index >= 15 is 0 Å². The minimum Gasteiger partial charge on any atom is -0.324 e. The normalized spacial score (nSPS) is 27.8. The first-order chi connectivity index (χ1) is 9.52. The minimum absolute atomic E-state index is 0.198. The highest BCUT2D eigenvalue weighted by molar-refractivity contribution is 5.10. The molecular weight excluding hydrogens is 269 g/mol. The van der Waals surface area contributed by atoms with Crippen LogP contribution in [-0.2, 0) is 6.54 Å². The molecule has 1 aromatic heterocycles. The standard InChI is InChI=1S/C13H19F3N4/c14-13(15,16)10-4-2-1-3-9(10)12-19-18-11(7-17)20(12)8-5-6-8/h8-10H,1-7,17H2. The van der Waals surface area contributed by atoms with Crippen molar-refractivity contribution in [2.24, 2.45) is 11.7 Å². The molecule has 0 spiro atoms. The van der Waals surface area contributed by atoms with Gasteiger partial charge in [-0.1, -0.05) is 12.8 Å². The second-order valence-corrected chi connectivity index (χ2v) is 5.82. The van der Waals surface area contributed by atoms with E-state index in [0.717, 1.165) is 19.3 Å². The average Bonchev–Trinajstić information content (AvgIpc) is 3.16. The van der Waals surface area contributed by atoms with Gasteiger partial charge in [-0.15, -0.1) is 10.2 Å².